The SMILES string of the molecule is CC(C)(C)OC(=O)[C@@H]1CSC(Cc2ccccc2)N1C(=O)OC(C)(C)C. The first-order valence-electron chi connectivity index (χ1n) is 8.86. The van der Waals surface area contributed by atoms with E-state index < -0.39 is 23.3 Å². The first-order valence-corrected chi connectivity index (χ1v) is 9.91. The van der Waals surface area contributed by atoms with Crippen molar-refractivity contribution < 1.29 is 19.1 Å². The van der Waals surface area contributed by atoms with Gasteiger partial charge in [0.2, 0.25) is 0 Å². The van der Waals surface area contributed by atoms with Crippen LogP contribution in [0.5, 0.6) is 0 Å². The lowest BCUT2D eigenvalue weighted by molar-refractivity contribution is -0.160. The Hall–Kier alpha value is -1.69. The monoisotopic (exact) mass is 379 g/mol. The average molecular weight is 380 g/mol. The highest BCUT2D eigenvalue weighted by atomic mass is 32.2. The van der Waals surface area contributed by atoms with E-state index in [0.717, 1.165) is 5.56 Å². The zero-order chi connectivity index (χ0) is 19.5. The number of esters is 1. The van der Waals surface area contributed by atoms with Crippen LogP contribution in [0.2, 0.25) is 0 Å². The molecule has 0 aliphatic carbocycles. The molecule has 1 unspecified atom stereocenters. The molecule has 1 aromatic rings. The molecule has 1 fully saturated rings. The van der Waals surface area contributed by atoms with Crippen LogP contribution in [0.1, 0.15) is 47.1 Å². The van der Waals surface area contributed by atoms with Crippen LogP contribution < -0.4 is 0 Å². The van der Waals surface area contributed by atoms with Gasteiger partial charge in [-0.1, -0.05) is 30.3 Å². The molecule has 1 amide bonds. The maximum absolute atomic E-state index is 12.8. The van der Waals surface area contributed by atoms with Crippen LogP contribution in [0.25, 0.3) is 0 Å². The largest absolute Gasteiger partial charge is 0.458 e. The second-order valence-corrected chi connectivity index (χ2v) is 9.63. The molecule has 144 valence electrons. The molecule has 1 saturated heterocycles. The molecule has 1 heterocycles. The highest BCUT2D eigenvalue weighted by Gasteiger charge is 2.45. The van der Waals surface area contributed by atoms with Gasteiger partial charge in [-0.2, -0.15) is 0 Å². The maximum atomic E-state index is 12.8. The summed E-state index contributed by atoms with van der Waals surface area (Å²) < 4.78 is 11.1. The fourth-order valence-electron chi connectivity index (χ4n) is 2.65. The third kappa shape index (κ3) is 5.94. The van der Waals surface area contributed by atoms with Crippen molar-refractivity contribution in [2.24, 2.45) is 0 Å². The molecule has 1 aromatic carbocycles. The Bertz CT molecular complexity index is 633. The molecule has 26 heavy (non-hydrogen) atoms. The van der Waals surface area contributed by atoms with Gasteiger partial charge in [-0.3, -0.25) is 4.90 Å². The van der Waals surface area contributed by atoms with Crippen molar-refractivity contribution in [1.82, 2.24) is 4.90 Å². The standard InChI is InChI=1S/C20H29NO4S/c1-19(2,3)24-17(22)15-13-26-16(12-14-10-8-7-9-11-14)21(15)18(23)25-20(4,5)6/h7-11,15-16H,12-13H2,1-6H3/t15-,16?/m0/s1. The van der Waals surface area contributed by atoms with Gasteiger partial charge in [0.25, 0.3) is 0 Å². The lowest BCUT2D eigenvalue weighted by Crippen LogP contribution is -2.49. The fraction of sp³-hybridized carbons (Fsp3) is 0.600. The topological polar surface area (TPSA) is 55.8 Å². The Morgan fingerprint density at radius 2 is 1.62 bits per heavy atom. The van der Waals surface area contributed by atoms with Crippen molar-refractivity contribution in [3.05, 3.63) is 35.9 Å². The van der Waals surface area contributed by atoms with Crippen molar-refractivity contribution in [1.29, 1.82) is 0 Å². The molecule has 2 rings (SSSR count). The number of rotatable bonds is 3. The normalized spacial score (nSPS) is 20.8. The quantitative estimate of drug-likeness (QED) is 0.735. The van der Waals surface area contributed by atoms with Crippen LogP contribution >= 0.6 is 11.8 Å². The smallest absolute Gasteiger partial charge is 0.411 e. The van der Waals surface area contributed by atoms with E-state index in [-0.39, 0.29) is 11.3 Å². The molecule has 0 N–H and O–H groups in total. The Labute approximate surface area is 160 Å². The van der Waals surface area contributed by atoms with Crippen LogP contribution in [-0.2, 0) is 20.7 Å². The first-order chi connectivity index (χ1) is 12.0. The van der Waals surface area contributed by atoms with Crippen molar-refractivity contribution in [3.63, 3.8) is 0 Å². The molecule has 0 aromatic heterocycles. The van der Waals surface area contributed by atoms with Crippen LogP contribution in [0, 0.1) is 0 Å². The molecule has 6 heteroatoms. The fourth-order valence-corrected chi connectivity index (χ4v) is 4.05. The van der Waals surface area contributed by atoms with Crippen molar-refractivity contribution in [2.45, 2.75) is 70.6 Å². The zero-order valence-electron chi connectivity index (χ0n) is 16.4. The van der Waals surface area contributed by atoms with Gasteiger partial charge in [0.15, 0.2) is 0 Å². The van der Waals surface area contributed by atoms with Gasteiger partial charge in [0.05, 0.1) is 5.37 Å². The summed E-state index contributed by atoms with van der Waals surface area (Å²) in [5, 5.41) is -0.162. The highest BCUT2D eigenvalue weighted by molar-refractivity contribution is 8.00. The van der Waals surface area contributed by atoms with Crippen LogP contribution in [0.4, 0.5) is 4.79 Å². The van der Waals surface area contributed by atoms with Crippen LogP contribution in [0.3, 0.4) is 0 Å². The van der Waals surface area contributed by atoms with Gasteiger partial charge in [0.1, 0.15) is 17.2 Å². The Balaban J connectivity index is 2.22. The number of carbonyl (C=O) groups excluding carboxylic acids is 2. The van der Waals surface area contributed by atoms with Crippen LogP contribution in [-0.4, -0.2) is 45.3 Å². The van der Waals surface area contributed by atoms with E-state index in [4.69, 9.17) is 9.47 Å². The summed E-state index contributed by atoms with van der Waals surface area (Å²) >= 11 is 1.59. The van der Waals surface area contributed by atoms with Crippen molar-refractivity contribution >= 4 is 23.8 Å². The summed E-state index contributed by atoms with van der Waals surface area (Å²) in [4.78, 5) is 27.0. The van der Waals surface area contributed by atoms with Gasteiger partial charge in [0, 0.05) is 12.2 Å². The molecule has 0 spiro atoms. The molecule has 0 radical (unpaired) electrons. The molecule has 2 atom stereocenters. The van der Waals surface area contributed by atoms with E-state index in [1.807, 2.05) is 71.9 Å². The van der Waals surface area contributed by atoms with E-state index in [9.17, 15) is 9.59 Å². The predicted octanol–water partition coefficient (Wildman–Crippen LogP) is 4.25. The minimum atomic E-state index is -0.636. The Morgan fingerprint density at radius 3 is 2.15 bits per heavy atom. The minimum absolute atomic E-state index is 0.162. The molecular formula is C20H29NO4S. The number of hydrogen-bond acceptors (Lipinski definition) is 5. The van der Waals surface area contributed by atoms with Gasteiger partial charge < -0.3 is 9.47 Å². The van der Waals surface area contributed by atoms with E-state index in [1.165, 1.54) is 0 Å². The second kappa shape index (κ2) is 7.91. The Morgan fingerprint density at radius 1 is 1.04 bits per heavy atom. The number of hydrogen-bond donors (Lipinski definition) is 0. The summed E-state index contributed by atoms with van der Waals surface area (Å²) in [7, 11) is 0. The van der Waals surface area contributed by atoms with Crippen molar-refractivity contribution in [2.75, 3.05) is 5.75 Å². The summed E-state index contributed by atoms with van der Waals surface area (Å²) in [5.41, 5.74) is -0.109. The van der Waals surface area contributed by atoms with Crippen LogP contribution in [0.15, 0.2) is 30.3 Å². The lowest BCUT2D eigenvalue weighted by Gasteiger charge is -2.32. The van der Waals surface area contributed by atoms with E-state index in [1.54, 1.807) is 16.7 Å². The minimum Gasteiger partial charge on any atom is -0.458 e. The maximum Gasteiger partial charge on any atom is 0.411 e. The van der Waals surface area contributed by atoms with Crippen molar-refractivity contribution in [3.8, 4) is 0 Å². The number of carbonyl (C=O) groups is 2. The van der Waals surface area contributed by atoms with E-state index >= 15 is 0 Å². The van der Waals surface area contributed by atoms with E-state index in [0.29, 0.717) is 12.2 Å². The highest BCUT2D eigenvalue weighted by Crippen LogP contribution is 2.34. The second-order valence-electron chi connectivity index (χ2n) is 8.41. The number of amides is 1. The zero-order valence-corrected chi connectivity index (χ0v) is 17.3. The lowest BCUT2D eigenvalue weighted by atomic mass is 10.1. The summed E-state index contributed by atoms with van der Waals surface area (Å²) in [5.74, 6) is 0.123. The molecule has 1 aliphatic heterocycles. The van der Waals surface area contributed by atoms with Gasteiger partial charge in [-0.25, -0.2) is 9.59 Å². The van der Waals surface area contributed by atoms with Gasteiger partial charge in [-0.05, 0) is 47.1 Å². The number of thioether (sulfide) groups is 1. The number of nitrogens with zero attached hydrogens (tertiary/aromatic N) is 1. The summed E-state index contributed by atoms with van der Waals surface area (Å²) in [6.45, 7) is 10.9. The Kier molecular flexibility index (Phi) is 6.27. The molecule has 5 nitrogen and oxygen atoms in total. The first kappa shape index (κ1) is 20.6. The third-order valence-corrected chi connectivity index (χ3v) is 4.92. The van der Waals surface area contributed by atoms with E-state index in [2.05, 4.69) is 0 Å². The molecular weight excluding hydrogens is 350 g/mol. The average Bonchev–Trinajstić information content (AvgIpc) is 2.88. The van der Waals surface area contributed by atoms with Gasteiger partial charge in [-0.15, -0.1) is 11.8 Å². The number of ether oxygens (including phenoxy) is 2. The summed E-state index contributed by atoms with van der Waals surface area (Å²) in [6.07, 6.45) is 0.184. The molecule has 1 aliphatic rings. The predicted molar refractivity (Wildman–Crippen MR) is 104 cm³/mol. The molecule has 0 saturated carbocycles. The third-order valence-electron chi connectivity index (χ3n) is 3.63. The van der Waals surface area contributed by atoms with Gasteiger partial charge >= 0.3 is 12.1 Å². The summed E-state index contributed by atoms with van der Waals surface area (Å²) in [6, 6.07) is 9.31. The molecule has 0 bridgehead atoms. The number of benzene rings is 1.